The van der Waals surface area contributed by atoms with Gasteiger partial charge in [0, 0.05) is 12.1 Å². The monoisotopic (exact) mass is 436 g/mol. The third-order valence-corrected chi connectivity index (χ3v) is 3.77. The minimum Gasteiger partial charge on any atom is -0.506 e. The maximum atomic E-state index is 13.4. The topological polar surface area (TPSA) is 82.1 Å². The lowest BCUT2D eigenvalue weighted by molar-refractivity contribution is 0.0586. The van der Waals surface area contributed by atoms with E-state index in [1.54, 1.807) is 6.92 Å². The zero-order valence-corrected chi connectivity index (χ0v) is 16.5. The maximum absolute atomic E-state index is 13.4. The number of halogens is 4. The van der Waals surface area contributed by atoms with Gasteiger partial charge in [0.05, 0.1) is 42.0 Å². The number of esters is 2. The number of benzene rings is 2. The first-order valence-electron chi connectivity index (χ1n) is 7.62. The van der Waals surface area contributed by atoms with Gasteiger partial charge in [-0.05, 0) is 19.1 Å². The van der Waals surface area contributed by atoms with Gasteiger partial charge in [0.1, 0.15) is 23.1 Å². The van der Waals surface area contributed by atoms with Crippen molar-refractivity contribution >= 4 is 35.1 Å². The molecule has 0 aliphatic carbocycles. The van der Waals surface area contributed by atoms with Crippen LogP contribution in [0.15, 0.2) is 24.3 Å². The molecule has 2 aromatic rings. The Kier molecular flexibility index (Phi) is 8.94. The molecule has 0 amide bonds. The van der Waals surface area contributed by atoms with Crippen LogP contribution >= 0.6 is 23.2 Å². The van der Waals surface area contributed by atoms with Crippen LogP contribution in [0, 0.1) is 11.6 Å². The fourth-order valence-electron chi connectivity index (χ4n) is 1.86. The first-order chi connectivity index (χ1) is 13.2. The first kappa shape index (κ1) is 23.5. The third kappa shape index (κ3) is 5.97. The van der Waals surface area contributed by atoms with Gasteiger partial charge in [-0.15, -0.1) is 0 Å². The number of methoxy groups -OCH3 is 2. The average molecular weight is 437 g/mol. The molecule has 152 valence electrons. The van der Waals surface area contributed by atoms with Crippen LogP contribution in [0.2, 0.25) is 10.0 Å². The molecule has 2 rings (SSSR count). The molecule has 0 bridgehead atoms. The summed E-state index contributed by atoms with van der Waals surface area (Å²) in [4.78, 5) is 22.0. The molecular weight excluding hydrogens is 421 g/mol. The van der Waals surface area contributed by atoms with Gasteiger partial charge in [0.2, 0.25) is 0 Å². The molecule has 0 aromatic heterocycles. The Morgan fingerprint density at radius 1 is 0.929 bits per heavy atom. The number of hydrogen-bond acceptors (Lipinski definition) is 6. The van der Waals surface area contributed by atoms with Crippen molar-refractivity contribution in [1.29, 1.82) is 0 Å². The van der Waals surface area contributed by atoms with Crippen LogP contribution in [0.4, 0.5) is 8.78 Å². The molecule has 1 N–H and O–H groups in total. The van der Waals surface area contributed by atoms with Gasteiger partial charge in [-0.25, -0.2) is 18.4 Å². The molecule has 0 spiro atoms. The predicted octanol–water partition coefficient (Wildman–Crippen LogP) is 4.64. The average Bonchev–Trinajstić information content (AvgIpc) is 2.66. The summed E-state index contributed by atoms with van der Waals surface area (Å²) in [6, 6.07) is 4.03. The van der Waals surface area contributed by atoms with Crippen molar-refractivity contribution in [3.8, 4) is 11.5 Å². The summed E-state index contributed by atoms with van der Waals surface area (Å²) in [6.07, 6.45) is 0. The Balaban J connectivity index is 0.000000283. The van der Waals surface area contributed by atoms with Crippen LogP contribution < -0.4 is 4.74 Å². The fourth-order valence-corrected chi connectivity index (χ4v) is 2.25. The Hall–Kier alpha value is -2.58. The maximum Gasteiger partial charge on any atom is 0.340 e. The van der Waals surface area contributed by atoms with Crippen LogP contribution in [-0.2, 0) is 9.47 Å². The molecule has 6 nitrogen and oxygen atoms in total. The SMILES string of the molecule is CCOc1cc(F)c(C(=O)OC)cc1Cl.COC(=O)c1cc(Cl)c(O)cc1F. The second kappa shape index (κ2) is 10.7. The van der Waals surface area contributed by atoms with E-state index >= 15 is 0 Å². The van der Waals surface area contributed by atoms with Crippen LogP contribution in [0.5, 0.6) is 11.5 Å². The quantitative estimate of drug-likeness (QED) is 0.703. The van der Waals surface area contributed by atoms with Crippen LogP contribution in [0.1, 0.15) is 27.6 Å². The largest absolute Gasteiger partial charge is 0.506 e. The number of carbonyl (C=O) groups is 2. The van der Waals surface area contributed by atoms with Crippen molar-refractivity contribution in [2.24, 2.45) is 0 Å². The van der Waals surface area contributed by atoms with E-state index in [9.17, 15) is 18.4 Å². The third-order valence-electron chi connectivity index (χ3n) is 3.17. The van der Waals surface area contributed by atoms with Gasteiger partial charge >= 0.3 is 11.9 Å². The van der Waals surface area contributed by atoms with Crippen molar-refractivity contribution < 1.29 is 37.7 Å². The lowest BCUT2D eigenvalue weighted by Crippen LogP contribution is -2.05. The molecule has 0 fully saturated rings. The van der Waals surface area contributed by atoms with Crippen molar-refractivity contribution in [2.75, 3.05) is 20.8 Å². The van der Waals surface area contributed by atoms with Gasteiger partial charge in [-0.3, -0.25) is 0 Å². The molecular formula is C18H16Cl2F2O6. The summed E-state index contributed by atoms with van der Waals surface area (Å²) in [7, 11) is 2.30. The van der Waals surface area contributed by atoms with Gasteiger partial charge in [0.15, 0.2) is 0 Å². The van der Waals surface area contributed by atoms with E-state index in [1.807, 2.05) is 0 Å². The molecule has 2 aromatic carbocycles. The van der Waals surface area contributed by atoms with E-state index in [0.29, 0.717) is 6.61 Å². The van der Waals surface area contributed by atoms with E-state index in [2.05, 4.69) is 9.47 Å². The predicted molar refractivity (Wildman–Crippen MR) is 98.3 cm³/mol. The minimum atomic E-state index is -0.867. The summed E-state index contributed by atoms with van der Waals surface area (Å²) in [6.45, 7) is 2.12. The van der Waals surface area contributed by atoms with Crippen molar-refractivity contribution in [1.82, 2.24) is 0 Å². The second-order valence-corrected chi connectivity index (χ2v) is 5.78. The standard InChI is InChI=1S/C10H10ClFO3.C8H6ClFO3/c1-3-15-9-5-8(12)6(4-7(9)11)10(13)14-2;1-13-8(12)4-2-5(9)7(11)3-6(4)10/h4-5H,3H2,1-2H3;2-3,11H,1H3. The Morgan fingerprint density at radius 3 is 1.86 bits per heavy atom. The fraction of sp³-hybridized carbons (Fsp3) is 0.222. The van der Waals surface area contributed by atoms with Crippen LogP contribution in [-0.4, -0.2) is 37.9 Å². The van der Waals surface area contributed by atoms with Crippen molar-refractivity contribution in [2.45, 2.75) is 6.92 Å². The Morgan fingerprint density at radius 2 is 1.39 bits per heavy atom. The summed E-state index contributed by atoms with van der Waals surface area (Å²) in [5.74, 6) is -3.38. The van der Waals surface area contributed by atoms with Crippen molar-refractivity contribution in [3.63, 3.8) is 0 Å². The van der Waals surface area contributed by atoms with E-state index in [-0.39, 0.29) is 26.9 Å². The number of rotatable bonds is 4. The highest BCUT2D eigenvalue weighted by Gasteiger charge is 2.16. The summed E-state index contributed by atoms with van der Waals surface area (Å²) in [5, 5.41) is 9.04. The number of ether oxygens (including phenoxy) is 3. The molecule has 0 saturated carbocycles. The number of phenolic OH excluding ortho intramolecular Hbond substituents is 1. The number of hydrogen-bond donors (Lipinski definition) is 1. The molecule has 10 heteroatoms. The summed E-state index contributed by atoms with van der Waals surface area (Å²) < 4.78 is 40.0. The first-order valence-corrected chi connectivity index (χ1v) is 8.38. The van der Waals surface area contributed by atoms with Crippen LogP contribution in [0.25, 0.3) is 0 Å². The van der Waals surface area contributed by atoms with E-state index in [4.69, 9.17) is 33.0 Å². The number of aromatic hydroxyl groups is 1. The number of phenols is 1. The van der Waals surface area contributed by atoms with E-state index in [1.165, 1.54) is 13.2 Å². The zero-order chi connectivity index (χ0) is 21.4. The zero-order valence-electron chi connectivity index (χ0n) is 15.0. The molecule has 28 heavy (non-hydrogen) atoms. The lowest BCUT2D eigenvalue weighted by Gasteiger charge is -2.07. The van der Waals surface area contributed by atoms with Gasteiger partial charge in [-0.1, -0.05) is 23.2 Å². The Bertz CT molecular complexity index is 874. The molecule has 0 heterocycles. The van der Waals surface area contributed by atoms with Gasteiger partial charge < -0.3 is 19.3 Å². The van der Waals surface area contributed by atoms with E-state index < -0.39 is 29.3 Å². The molecule has 0 saturated heterocycles. The van der Waals surface area contributed by atoms with Gasteiger partial charge in [0.25, 0.3) is 0 Å². The molecule has 0 radical (unpaired) electrons. The second-order valence-electron chi connectivity index (χ2n) is 4.96. The molecule has 0 aliphatic heterocycles. The van der Waals surface area contributed by atoms with Crippen molar-refractivity contribution in [3.05, 3.63) is 57.1 Å². The van der Waals surface area contributed by atoms with E-state index in [0.717, 1.165) is 25.3 Å². The van der Waals surface area contributed by atoms with Crippen LogP contribution in [0.3, 0.4) is 0 Å². The number of carbonyl (C=O) groups excluding carboxylic acids is 2. The summed E-state index contributed by atoms with van der Waals surface area (Å²) in [5.41, 5.74) is -0.503. The highest BCUT2D eigenvalue weighted by molar-refractivity contribution is 6.32. The molecule has 0 atom stereocenters. The normalized spacial score (nSPS) is 9.82. The Labute approximate surface area is 169 Å². The summed E-state index contributed by atoms with van der Waals surface area (Å²) >= 11 is 11.2. The van der Waals surface area contributed by atoms with Gasteiger partial charge in [-0.2, -0.15) is 0 Å². The lowest BCUT2D eigenvalue weighted by atomic mass is 10.2. The molecule has 0 unspecified atom stereocenters. The highest BCUT2D eigenvalue weighted by atomic mass is 35.5. The minimum absolute atomic E-state index is 0.0956. The highest BCUT2D eigenvalue weighted by Crippen LogP contribution is 2.28. The smallest absolute Gasteiger partial charge is 0.340 e. The molecule has 0 aliphatic rings.